The largest absolute Gasteiger partial charge is 0.497 e. The van der Waals surface area contributed by atoms with Crippen molar-refractivity contribution in [3.05, 3.63) is 59.9 Å². The van der Waals surface area contributed by atoms with Crippen molar-refractivity contribution < 1.29 is 4.74 Å². The zero-order valence-corrected chi connectivity index (χ0v) is 15.0. The maximum Gasteiger partial charge on any atom is 0.181 e. The second-order valence-electron chi connectivity index (χ2n) is 6.24. The number of nitrogens with zero attached hydrogens (tertiary/aromatic N) is 4. The van der Waals surface area contributed by atoms with Gasteiger partial charge in [0.1, 0.15) is 5.75 Å². The zero-order valence-electron chi connectivity index (χ0n) is 15.0. The van der Waals surface area contributed by atoms with E-state index in [0.29, 0.717) is 0 Å². The monoisotopic (exact) mass is 337 g/mol. The molecule has 1 atom stereocenters. The molecule has 0 saturated carbocycles. The fourth-order valence-corrected chi connectivity index (χ4v) is 2.79. The number of aromatic nitrogens is 4. The summed E-state index contributed by atoms with van der Waals surface area (Å²) in [6.45, 7) is 6.28. The number of rotatable bonds is 6. The summed E-state index contributed by atoms with van der Waals surface area (Å²) in [6, 6.07) is 15.9. The van der Waals surface area contributed by atoms with Gasteiger partial charge in [0, 0.05) is 5.69 Å². The molecule has 6 nitrogen and oxygen atoms in total. The van der Waals surface area contributed by atoms with Crippen molar-refractivity contribution in [1.29, 1.82) is 0 Å². The van der Waals surface area contributed by atoms with Crippen LogP contribution in [0.15, 0.2) is 48.5 Å². The SMILES string of the molecule is CC[C@@](C)(Nc1ccc(OC)cc1)c1nnnn1-c1ccccc1C. The molecular formula is C19H23N5O. The third-order valence-electron chi connectivity index (χ3n) is 4.52. The van der Waals surface area contributed by atoms with E-state index in [4.69, 9.17) is 4.74 Å². The molecule has 0 unspecified atom stereocenters. The van der Waals surface area contributed by atoms with Crippen LogP contribution < -0.4 is 10.1 Å². The molecule has 2 aromatic carbocycles. The minimum atomic E-state index is -0.416. The van der Waals surface area contributed by atoms with Crippen molar-refractivity contribution in [2.75, 3.05) is 12.4 Å². The van der Waals surface area contributed by atoms with Gasteiger partial charge >= 0.3 is 0 Å². The molecule has 1 aromatic heterocycles. The van der Waals surface area contributed by atoms with Gasteiger partial charge in [0.15, 0.2) is 5.82 Å². The molecule has 6 heteroatoms. The van der Waals surface area contributed by atoms with Crippen LogP contribution in [-0.2, 0) is 5.54 Å². The lowest BCUT2D eigenvalue weighted by molar-refractivity contribution is 0.414. The van der Waals surface area contributed by atoms with E-state index in [1.54, 1.807) is 7.11 Å². The summed E-state index contributed by atoms with van der Waals surface area (Å²) in [5.74, 6) is 1.61. The summed E-state index contributed by atoms with van der Waals surface area (Å²) in [4.78, 5) is 0. The Kier molecular flexibility index (Phi) is 4.70. The average molecular weight is 337 g/mol. The highest BCUT2D eigenvalue weighted by Gasteiger charge is 2.31. The normalized spacial score (nSPS) is 13.3. The number of nitrogens with one attached hydrogen (secondary N) is 1. The van der Waals surface area contributed by atoms with E-state index in [2.05, 4.69) is 47.7 Å². The lowest BCUT2D eigenvalue weighted by Crippen LogP contribution is -2.34. The van der Waals surface area contributed by atoms with Crippen LogP contribution in [0, 0.1) is 6.92 Å². The van der Waals surface area contributed by atoms with Crippen molar-refractivity contribution >= 4 is 5.69 Å². The molecule has 25 heavy (non-hydrogen) atoms. The fraction of sp³-hybridized carbons (Fsp3) is 0.316. The van der Waals surface area contributed by atoms with E-state index in [-0.39, 0.29) is 0 Å². The Morgan fingerprint density at radius 2 is 1.84 bits per heavy atom. The molecule has 130 valence electrons. The Morgan fingerprint density at radius 1 is 1.12 bits per heavy atom. The highest BCUT2D eigenvalue weighted by atomic mass is 16.5. The number of ether oxygens (including phenoxy) is 1. The molecule has 0 spiro atoms. The molecule has 0 aliphatic carbocycles. The molecular weight excluding hydrogens is 314 g/mol. The van der Waals surface area contributed by atoms with E-state index in [9.17, 15) is 0 Å². The van der Waals surface area contributed by atoms with Crippen LogP contribution in [0.3, 0.4) is 0 Å². The van der Waals surface area contributed by atoms with Gasteiger partial charge in [-0.25, -0.2) is 0 Å². The topological polar surface area (TPSA) is 64.9 Å². The molecule has 1 heterocycles. The second-order valence-corrected chi connectivity index (χ2v) is 6.24. The summed E-state index contributed by atoms with van der Waals surface area (Å²) in [6.07, 6.45) is 0.825. The molecule has 0 saturated heterocycles. The Bertz CT molecular complexity index is 843. The molecule has 0 amide bonds. The van der Waals surface area contributed by atoms with Crippen LogP contribution in [0.5, 0.6) is 5.75 Å². The number of methoxy groups -OCH3 is 1. The average Bonchev–Trinajstić information content (AvgIpc) is 3.13. The predicted molar refractivity (Wildman–Crippen MR) is 98.2 cm³/mol. The number of tetrazole rings is 1. The molecule has 0 fully saturated rings. The second kappa shape index (κ2) is 6.93. The standard InChI is InChI=1S/C19H23N5O/c1-5-19(3,20-15-10-12-16(25-4)13-11-15)18-21-22-23-24(18)17-9-7-6-8-14(17)2/h6-13,20H,5H2,1-4H3/t19-/m1/s1. The van der Waals surface area contributed by atoms with Crippen LogP contribution in [0.25, 0.3) is 5.69 Å². The first kappa shape index (κ1) is 17.0. The lowest BCUT2D eigenvalue weighted by atomic mass is 9.96. The van der Waals surface area contributed by atoms with Gasteiger partial charge in [-0.15, -0.1) is 5.10 Å². The predicted octanol–water partition coefficient (Wildman–Crippen LogP) is 3.72. The number of anilines is 1. The molecule has 0 aliphatic heterocycles. The molecule has 0 aliphatic rings. The van der Waals surface area contributed by atoms with Crippen molar-refractivity contribution in [3.63, 3.8) is 0 Å². The van der Waals surface area contributed by atoms with Gasteiger partial charge in [-0.05, 0) is 66.6 Å². The van der Waals surface area contributed by atoms with Crippen molar-refractivity contribution in [2.45, 2.75) is 32.7 Å². The number of hydrogen-bond acceptors (Lipinski definition) is 5. The van der Waals surface area contributed by atoms with E-state index in [1.807, 2.05) is 47.1 Å². The number of aryl methyl sites for hydroxylation is 1. The van der Waals surface area contributed by atoms with Crippen LogP contribution in [0.2, 0.25) is 0 Å². The smallest absolute Gasteiger partial charge is 0.181 e. The Balaban J connectivity index is 1.98. The summed E-state index contributed by atoms with van der Waals surface area (Å²) in [7, 11) is 1.66. The molecule has 3 aromatic rings. The Morgan fingerprint density at radius 3 is 2.48 bits per heavy atom. The number of para-hydroxylation sites is 1. The highest BCUT2D eigenvalue weighted by Crippen LogP contribution is 2.30. The van der Waals surface area contributed by atoms with Crippen LogP contribution in [-0.4, -0.2) is 27.3 Å². The summed E-state index contributed by atoms with van der Waals surface area (Å²) >= 11 is 0. The molecule has 0 radical (unpaired) electrons. The summed E-state index contributed by atoms with van der Waals surface area (Å²) in [5.41, 5.74) is 2.68. The van der Waals surface area contributed by atoms with E-state index in [1.165, 1.54) is 0 Å². The minimum absolute atomic E-state index is 0.416. The maximum absolute atomic E-state index is 5.22. The van der Waals surface area contributed by atoms with Gasteiger partial charge in [-0.3, -0.25) is 0 Å². The first-order chi connectivity index (χ1) is 12.1. The molecule has 1 N–H and O–H groups in total. The third kappa shape index (κ3) is 3.33. The number of hydrogen-bond donors (Lipinski definition) is 1. The van der Waals surface area contributed by atoms with Gasteiger partial charge in [0.25, 0.3) is 0 Å². The van der Waals surface area contributed by atoms with E-state index in [0.717, 1.165) is 34.9 Å². The van der Waals surface area contributed by atoms with Crippen molar-refractivity contribution in [2.24, 2.45) is 0 Å². The first-order valence-electron chi connectivity index (χ1n) is 8.34. The molecule has 3 rings (SSSR count). The highest BCUT2D eigenvalue weighted by molar-refractivity contribution is 5.49. The number of benzene rings is 2. The summed E-state index contributed by atoms with van der Waals surface area (Å²) < 4.78 is 7.04. The first-order valence-corrected chi connectivity index (χ1v) is 8.34. The quantitative estimate of drug-likeness (QED) is 0.743. The Labute approximate surface area is 147 Å². The minimum Gasteiger partial charge on any atom is -0.497 e. The van der Waals surface area contributed by atoms with Crippen LogP contribution in [0.1, 0.15) is 31.7 Å². The lowest BCUT2D eigenvalue weighted by Gasteiger charge is -2.29. The maximum atomic E-state index is 5.22. The third-order valence-corrected chi connectivity index (χ3v) is 4.52. The van der Waals surface area contributed by atoms with E-state index < -0.39 is 5.54 Å². The van der Waals surface area contributed by atoms with Gasteiger partial charge < -0.3 is 10.1 Å². The zero-order chi connectivity index (χ0) is 17.9. The van der Waals surface area contributed by atoms with Crippen LogP contribution >= 0.6 is 0 Å². The van der Waals surface area contributed by atoms with Crippen molar-refractivity contribution in [1.82, 2.24) is 20.2 Å². The summed E-state index contributed by atoms with van der Waals surface area (Å²) in [5, 5.41) is 16.0. The van der Waals surface area contributed by atoms with Crippen molar-refractivity contribution in [3.8, 4) is 11.4 Å². The fourth-order valence-electron chi connectivity index (χ4n) is 2.79. The van der Waals surface area contributed by atoms with Gasteiger partial charge in [-0.2, -0.15) is 4.68 Å². The van der Waals surface area contributed by atoms with Crippen LogP contribution in [0.4, 0.5) is 5.69 Å². The van der Waals surface area contributed by atoms with E-state index >= 15 is 0 Å². The van der Waals surface area contributed by atoms with Gasteiger partial charge in [0.05, 0.1) is 18.3 Å². The Hall–Kier alpha value is -2.89. The van der Waals surface area contributed by atoms with Gasteiger partial charge in [-0.1, -0.05) is 25.1 Å². The molecule has 0 bridgehead atoms. The van der Waals surface area contributed by atoms with Gasteiger partial charge in [0.2, 0.25) is 0 Å².